The molecule has 0 spiro atoms. The number of furan rings is 1. The number of nitrogens with one attached hydrogen (secondary N) is 1. The zero-order valence-electron chi connectivity index (χ0n) is 14.5. The number of aliphatic imine (C=N–C) groups is 1. The van der Waals surface area contributed by atoms with Crippen LogP contribution in [0.3, 0.4) is 0 Å². The summed E-state index contributed by atoms with van der Waals surface area (Å²) < 4.78 is 5.83. The summed E-state index contributed by atoms with van der Waals surface area (Å²) in [6.45, 7) is 2.06. The van der Waals surface area contributed by atoms with E-state index in [-0.39, 0.29) is 5.91 Å². The molecule has 4 nitrogen and oxygen atoms in total. The van der Waals surface area contributed by atoms with Gasteiger partial charge in [0.05, 0.1) is 10.6 Å². The van der Waals surface area contributed by atoms with Gasteiger partial charge in [0, 0.05) is 11.0 Å². The minimum Gasteiger partial charge on any atom is -0.450 e. The Hall–Kier alpha value is -2.70. The summed E-state index contributed by atoms with van der Waals surface area (Å²) in [5.41, 5.74) is 2.03. The summed E-state index contributed by atoms with van der Waals surface area (Å²) in [4.78, 5) is 18.3. The van der Waals surface area contributed by atoms with Crippen molar-refractivity contribution < 1.29 is 9.21 Å². The van der Waals surface area contributed by atoms with Crippen LogP contribution in [0.25, 0.3) is 6.08 Å². The van der Waals surface area contributed by atoms with Gasteiger partial charge in [-0.05, 0) is 55.1 Å². The number of hydrogen-bond acceptors (Lipinski definition) is 5. The van der Waals surface area contributed by atoms with Gasteiger partial charge in [0.2, 0.25) is 0 Å². The Labute approximate surface area is 165 Å². The molecule has 27 heavy (non-hydrogen) atoms. The van der Waals surface area contributed by atoms with Crippen LogP contribution < -0.4 is 5.32 Å². The largest absolute Gasteiger partial charge is 0.450 e. The van der Waals surface area contributed by atoms with Crippen LogP contribution in [0.5, 0.6) is 0 Å². The third-order valence-electron chi connectivity index (χ3n) is 3.75. The Morgan fingerprint density at radius 2 is 1.81 bits per heavy atom. The highest BCUT2D eigenvalue weighted by atomic mass is 32.2. The molecule has 4 rings (SSSR count). The highest BCUT2D eigenvalue weighted by molar-refractivity contribution is 8.18. The summed E-state index contributed by atoms with van der Waals surface area (Å²) in [5.74, 6) is 0.474. The molecule has 2 heterocycles. The summed E-state index contributed by atoms with van der Waals surface area (Å²) in [5, 5.41) is 4.14. The van der Waals surface area contributed by atoms with Gasteiger partial charge in [0.15, 0.2) is 10.3 Å². The molecule has 1 aromatic heterocycles. The molecule has 0 unspecified atom stereocenters. The standard InChI is InChI=1S/C21H16N2O2S2/c1-14-7-10-17(11-8-14)26-19-12-9-16(25-19)13-18-20(24)23-21(27-18)22-15-5-3-2-4-6-15/h2-13H,1H3,(H,22,23,24)/b18-13-. The molecule has 3 aromatic rings. The molecule has 2 aromatic carbocycles. The van der Waals surface area contributed by atoms with Crippen LogP contribution in [0.15, 0.2) is 91.0 Å². The topological polar surface area (TPSA) is 54.6 Å². The molecule has 134 valence electrons. The molecule has 1 fully saturated rings. The molecule has 0 atom stereocenters. The Morgan fingerprint density at radius 1 is 1.04 bits per heavy atom. The molecule has 0 aliphatic carbocycles. The van der Waals surface area contributed by atoms with Gasteiger partial charge in [-0.1, -0.05) is 47.7 Å². The van der Waals surface area contributed by atoms with Crippen LogP contribution in [0.2, 0.25) is 0 Å². The number of carbonyl (C=O) groups excluding carboxylic acids is 1. The lowest BCUT2D eigenvalue weighted by atomic mass is 10.2. The summed E-state index contributed by atoms with van der Waals surface area (Å²) in [7, 11) is 0. The first kappa shape index (κ1) is 17.7. The zero-order chi connectivity index (χ0) is 18.6. The molecule has 0 saturated carbocycles. The lowest BCUT2D eigenvalue weighted by Gasteiger charge is -1.98. The van der Waals surface area contributed by atoms with Crippen molar-refractivity contribution in [2.45, 2.75) is 16.9 Å². The Balaban J connectivity index is 1.47. The lowest BCUT2D eigenvalue weighted by Crippen LogP contribution is -2.19. The van der Waals surface area contributed by atoms with Gasteiger partial charge in [-0.25, -0.2) is 4.99 Å². The minimum atomic E-state index is -0.168. The van der Waals surface area contributed by atoms with Gasteiger partial charge in [-0.2, -0.15) is 0 Å². The van der Waals surface area contributed by atoms with Crippen molar-refractivity contribution in [3.8, 4) is 0 Å². The number of thioether (sulfide) groups is 1. The first-order valence-corrected chi connectivity index (χ1v) is 9.98. The predicted octanol–water partition coefficient (Wildman–Crippen LogP) is 5.63. The first-order chi connectivity index (χ1) is 13.2. The van der Waals surface area contributed by atoms with E-state index < -0.39 is 0 Å². The van der Waals surface area contributed by atoms with Crippen molar-refractivity contribution in [1.82, 2.24) is 5.32 Å². The summed E-state index contributed by atoms with van der Waals surface area (Å²) in [6.07, 6.45) is 1.74. The van der Waals surface area contributed by atoms with E-state index in [2.05, 4.69) is 41.5 Å². The highest BCUT2D eigenvalue weighted by Crippen LogP contribution is 2.32. The molecule has 0 bridgehead atoms. The van der Waals surface area contributed by atoms with Gasteiger partial charge >= 0.3 is 0 Å². The molecular formula is C21H16N2O2S2. The Bertz CT molecular complexity index is 1020. The van der Waals surface area contributed by atoms with Gasteiger partial charge in [0.1, 0.15) is 5.76 Å². The third kappa shape index (κ3) is 4.53. The fourth-order valence-corrected chi connectivity index (χ4v) is 4.02. The number of hydrogen-bond donors (Lipinski definition) is 1. The van der Waals surface area contributed by atoms with E-state index in [1.807, 2.05) is 42.5 Å². The van der Waals surface area contributed by atoms with Gasteiger partial charge < -0.3 is 9.73 Å². The van der Waals surface area contributed by atoms with E-state index in [1.54, 1.807) is 17.8 Å². The fourth-order valence-electron chi connectivity index (χ4n) is 2.42. The van der Waals surface area contributed by atoms with Crippen LogP contribution in [0.1, 0.15) is 11.3 Å². The van der Waals surface area contributed by atoms with Gasteiger partial charge in [0.25, 0.3) is 5.91 Å². The normalized spacial score (nSPS) is 16.9. The fraction of sp³-hybridized carbons (Fsp3) is 0.0476. The second-order valence-electron chi connectivity index (χ2n) is 5.89. The molecule has 1 saturated heterocycles. The zero-order valence-corrected chi connectivity index (χ0v) is 16.1. The van der Waals surface area contributed by atoms with Crippen molar-refractivity contribution in [3.63, 3.8) is 0 Å². The van der Waals surface area contributed by atoms with Crippen LogP contribution in [0, 0.1) is 6.92 Å². The smallest absolute Gasteiger partial charge is 0.264 e. The van der Waals surface area contributed by atoms with Crippen LogP contribution >= 0.6 is 23.5 Å². The number of rotatable bonds is 4. The maximum absolute atomic E-state index is 12.2. The van der Waals surface area contributed by atoms with Crippen LogP contribution in [-0.4, -0.2) is 11.1 Å². The highest BCUT2D eigenvalue weighted by Gasteiger charge is 2.24. The number of benzene rings is 2. The van der Waals surface area contributed by atoms with Crippen molar-refractivity contribution >= 4 is 46.4 Å². The molecular weight excluding hydrogens is 376 g/mol. The number of amidine groups is 1. The molecule has 1 amide bonds. The third-order valence-corrected chi connectivity index (χ3v) is 5.59. The summed E-state index contributed by atoms with van der Waals surface area (Å²) in [6, 6.07) is 21.6. The van der Waals surface area contributed by atoms with E-state index in [0.717, 1.165) is 15.7 Å². The second-order valence-corrected chi connectivity index (χ2v) is 8.00. The van der Waals surface area contributed by atoms with Crippen LogP contribution in [-0.2, 0) is 4.79 Å². The minimum absolute atomic E-state index is 0.168. The molecule has 0 radical (unpaired) electrons. The lowest BCUT2D eigenvalue weighted by molar-refractivity contribution is -0.115. The monoisotopic (exact) mass is 392 g/mol. The molecule has 1 aliphatic rings. The molecule has 6 heteroatoms. The summed E-state index contributed by atoms with van der Waals surface area (Å²) >= 11 is 2.86. The number of carbonyl (C=O) groups is 1. The second kappa shape index (κ2) is 7.90. The maximum atomic E-state index is 12.2. The number of amides is 1. The number of nitrogens with zero attached hydrogens (tertiary/aromatic N) is 1. The van der Waals surface area contributed by atoms with E-state index in [9.17, 15) is 4.79 Å². The Kier molecular flexibility index (Phi) is 5.18. The number of para-hydroxylation sites is 1. The van der Waals surface area contributed by atoms with Gasteiger partial charge in [-0.15, -0.1) is 0 Å². The van der Waals surface area contributed by atoms with Crippen molar-refractivity contribution in [2.75, 3.05) is 0 Å². The van der Waals surface area contributed by atoms with E-state index in [1.165, 1.54) is 17.3 Å². The average Bonchev–Trinajstić information content (AvgIpc) is 3.24. The van der Waals surface area contributed by atoms with Crippen molar-refractivity contribution in [2.24, 2.45) is 4.99 Å². The maximum Gasteiger partial charge on any atom is 0.264 e. The van der Waals surface area contributed by atoms with Gasteiger partial charge in [-0.3, -0.25) is 4.79 Å². The molecule has 1 aliphatic heterocycles. The van der Waals surface area contributed by atoms with Crippen molar-refractivity contribution in [1.29, 1.82) is 0 Å². The average molecular weight is 393 g/mol. The van der Waals surface area contributed by atoms with E-state index in [0.29, 0.717) is 15.8 Å². The quantitative estimate of drug-likeness (QED) is 0.585. The number of aryl methyl sites for hydroxylation is 1. The predicted molar refractivity (Wildman–Crippen MR) is 111 cm³/mol. The van der Waals surface area contributed by atoms with Crippen LogP contribution in [0.4, 0.5) is 5.69 Å². The molecule has 1 N–H and O–H groups in total. The van der Waals surface area contributed by atoms with Crippen molar-refractivity contribution in [3.05, 3.63) is 83.0 Å². The van der Waals surface area contributed by atoms with E-state index in [4.69, 9.17) is 4.42 Å². The first-order valence-electron chi connectivity index (χ1n) is 8.35. The van der Waals surface area contributed by atoms with E-state index >= 15 is 0 Å². The Morgan fingerprint density at radius 3 is 2.59 bits per heavy atom. The SMILES string of the molecule is Cc1ccc(Sc2ccc(/C=C3\SC(=Nc4ccccc4)NC3=O)o2)cc1.